The lowest BCUT2D eigenvalue weighted by atomic mass is 10.0. The van der Waals surface area contributed by atoms with E-state index in [2.05, 4.69) is 42.8 Å². The Morgan fingerprint density at radius 3 is 2.71 bits per heavy atom. The number of likely N-dealkylation sites (tertiary alicyclic amines) is 1. The summed E-state index contributed by atoms with van der Waals surface area (Å²) in [7, 11) is 2.10. The molecule has 2 aromatic carbocycles. The maximum Gasteiger partial charge on any atom is 0.259 e. The number of piperidine rings is 1. The number of halogens is 3. The van der Waals surface area contributed by atoms with Gasteiger partial charge in [0.05, 0.1) is 27.2 Å². The number of nitrogens with zero attached hydrogens (tertiary/aromatic N) is 3. The van der Waals surface area contributed by atoms with Crippen molar-refractivity contribution < 1.29 is 23.4 Å². The zero-order valence-corrected chi connectivity index (χ0v) is 24.5. The van der Waals surface area contributed by atoms with Gasteiger partial charge < -0.3 is 29.6 Å². The lowest BCUT2D eigenvalue weighted by Crippen LogP contribution is -2.43. The van der Waals surface area contributed by atoms with Crippen LogP contribution in [0.25, 0.3) is 22.4 Å². The second kappa shape index (κ2) is 11.6. The van der Waals surface area contributed by atoms with Gasteiger partial charge in [0.15, 0.2) is 11.6 Å². The van der Waals surface area contributed by atoms with E-state index in [0.717, 1.165) is 49.1 Å². The monoisotopic (exact) mass is 641 g/mol. The fourth-order valence-electron chi connectivity index (χ4n) is 5.76. The number of rotatable bonds is 8. The SMILES string of the molecule is CN1CCC(N2Cc3cc4[nH]c(-c5c(CC[C@@H](O)COc6cc(F)c(F)cc6Br)cc[nH]c5=O)nc4cc3C2=O)CC1. The highest BCUT2D eigenvalue weighted by atomic mass is 79.9. The number of aromatic amines is 2. The third-order valence-electron chi connectivity index (χ3n) is 8.10. The molecule has 3 N–H and O–H groups in total. The molecule has 42 heavy (non-hydrogen) atoms. The van der Waals surface area contributed by atoms with E-state index in [1.165, 1.54) is 6.20 Å². The second-order valence-electron chi connectivity index (χ2n) is 11.0. The molecular formula is C30H30BrF2N5O4. The van der Waals surface area contributed by atoms with E-state index in [4.69, 9.17) is 4.74 Å². The third kappa shape index (κ3) is 5.58. The average Bonchev–Trinajstić information content (AvgIpc) is 3.52. The molecule has 12 heteroatoms. The van der Waals surface area contributed by atoms with Gasteiger partial charge in [-0.2, -0.15) is 0 Å². The molecule has 6 rings (SSSR count). The number of fused-ring (bicyclic) bond motifs is 2. The molecule has 4 aromatic rings. The topological polar surface area (TPSA) is 115 Å². The Kier molecular flexibility index (Phi) is 7.86. The lowest BCUT2D eigenvalue weighted by Gasteiger charge is -2.34. The van der Waals surface area contributed by atoms with Crippen molar-refractivity contribution in [2.24, 2.45) is 0 Å². The molecule has 0 radical (unpaired) electrons. The maximum absolute atomic E-state index is 13.6. The van der Waals surface area contributed by atoms with Crippen LogP contribution in [0, 0.1) is 11.6 Å². The minimum absolute atomic E-state index is 0.0239. The summed E-state index contributed by atoms with van der Waals surface area (Å²) in [6.45, 7) is 2.35. The first-order chi connectivity index (χ1) is 20.2. The number of amides is 1. The van der Waals surface area contributed by atoms with Gasteiger partial charge in [0.1, 0.15) is 18.2 Å². The second-order valence-corrected chi connectivity index (χ2v) is 11.8. The number of aliphatic hydroxyl groups is 1. The number of H-pyrrole nitrogens is 2. The van der Waals surface area contributed by atoms with Crippen LogP contribution in [0.2, 0.25) is 0 Å². The van der Waals surface area contributed by atoms with Crippen molar-refractivity contribution in [2.75, 3.05) is 26.7 Å². The third-order valence-corrected chi connectivity index (χ3v) is 8.72. The van der Waals surface area contributed by atoms with Crippen molar-refractivity contribution in [2.45, 2.75) is 44.4 Å². The number of aryl methyl sites for hydroxylation is 1. The Hall–Kier alpha value is -3.61. The number of hydrogen-bond acceptors (Lipinski definition) is 6. The van der Waals surface area contributed by atoms with Gasteiger partial charge in [-0.15, -0.1) is 0 Å². The summed E-state index contributed by atoms with van der Waals surface area (Å²) in [4.78, 5) is 41.1. The number of ether oxygens (including phenoxy) is 1. The normalized spacial score (nSPS) is 16.8. The van der Waals surface area contributed by atoms with Crippen LogP contribution in [-0.2, 0) is 13.0 Å². The smallest absolute Gasteiger partial charge is 0.259 e. The van der Waals surface area contributed by atoms with Gasteiger partial charge >= 0.3 is 0 Å². The molecule has 220 valence electrons. The van der Waals surface area contributed by atoms with Gasteiger partial charge in [0, 0.05) is 30.4 Å². The van der Waals surface area contributed by atoms with Gasteiger partial charge in [0.25, 0.3) is 11.5 Å². The number of imidazole rings is 1. The molecule has 1 saturated heterocycles. The fourth-order valence-corrected chi connectivity index (χ4v) is 6.19. The van der Waals surface area contributed by atoms with Crippen LogP contribution in [0.1, 0.15) is 40.7 Å². The van der Waals surface area contributed by atoms with E-state index in [1.807, 2.05) is 11.0 Å². The predicted octanol–water partition coefficient (Wildman–Crippen LogP) is 4.38. The zero-order valence-electron chi connectivity index (χ0n) is 22.9. The molecule has 0 spiro atoms. The Balaban J connectivity index is 1.17. The van der Waals surface area contributed by atoms with Crippen molar-refractivity contribution in [3.8, 4) is 17.1 Å². The molecule has 1 fully saturated rings. The van der Waals surface area contributed by atoms with Crippen LogP contribution in [-0.4, -0.2) is 74.7 Å². The Labute approximate surface area is 248 Å². The lowest BCUT2D eigenvalue weighted by molar-refractivity contribution is 0.0617. The summed E-state index contributed by atoms with van der Waals surface area (Å²) in [5.41, 5.74) is 3.62. The summed E-state index contributed by atoms with van der Waals surface area (Å²) >= 11 is 3.12. The molecule has 0 unspecified atom stereocenters. The average molecular weight is 643 g/mol. The van der Waals surface area contributed by atoms with Gasteiger partial charge in [-0.1, -0.05) is 0 Å². The van der Waals surface area contributed by atoms with Crippen LogP contribution in [0.3, 0.4) is 0 Å². The number of aliphatic hydroxyl groups excluding tert-OH is 1. The van der Waals surface area contributed by atoms with Crippen LogP contribution >= 0.6 is 15.9 Å². The largest absolute Gasteiger partial charge is 0.490 e. The minimum atomic E-state index is -1.05. The van der Waals surface area contributed by atoms with Gasteiger partial charge in [-0.05, 0) is 97.1 Å². The first-order valence-corrected chi connectivity index (χ1v) is 14.7. The molecule has 4 heterocycles. The van der Waals surface area contributed by atoms with Gasteiger partial charge in [-0.25, -0.2) is 13.8 Å². The minimum Gasteiger partial charge on any atom is -0.490 e. The van der Waals surface area contributed by atoms with E-state index in [0.29, 0.717) is 41.0 Å². The maximum atomic E-state index is 13.6. The number of pyridine rings is 1. The van der Waals surface area contributed by atoms with Crippen molar-refractivity contribution in [3.63, 3.8) is 0 Å². The standard InChI is InChI=1S/C30H30BrF2N5O4/c1-37-8-5-18(6-9-37)38-14-17-10-24-25(11-20(17)30(38)41)36-28(35-24)27-16(4-7-34-29(27)40)2-3-19(39)15-42-26-13-23(33)22(32)12-21(26)31/h4,7,10-13,18-19,39H,2-3,5-6,8-9,14-15H2,1H3,(H,34,40)(H,35,36)/t19-/m1/s1. The molecule has 2 aromatic heterocycles. The summed E-state index contributed by atoms with van der Waals surface area (Å²) in [5, 5.41) is 10.5. The first kappa shape index (κ1) is 28.5. The molecule has 0 bridgehead atoms. The molecule has 1 atom stereocenters. The molecule has 9 nitrogen and oxygen atoms in total. The number of carbonyl (C=O) groups is 1. The molecular weight excluding hydrogens is 612 g/mol. The number of carbonyl (C=O) groups excluding carboxylic acids is 1. The number of nitrogens with one attached hydrogen (secondary N) is 2. The highest BCUT2D eigenvalue weighted by molar-refractivity contribution is 9.10. The first-order valence-electron chi connectivity index (χ1n) is 13.9. The van der Waals surface area contributed by atoms with Crippen LogP contribution in [0.4, 0.5) is 8.78 Å². The summed E-state index contributed by atoms with van der Waals surface area (Å²) < 4.78 is 32.6. The van der Waals surface area contributed by atoms with E-state index < -0.39 is 17.7 Å². The van der Waals surface area contributed by atoms with Gasteiger partial charge in [0.2, 0.25) is 0 Å². The van der Waals surface area contributed by atoms with E-state index in [1.54, 1.807) is 12.1 Å². The van der Waals surface area contributed by atoms with E-state index in [-0.39, 0.29) is 40.8 Å². The number of aromatic nitrogens is 3. The zero-order chi connectivity index (χ0) is 29.5. The van der Waals surface area contributed by atoms with Crippen molar-refractivity contribution in [3.05, 3.63) is 79.7 Å². The number of benzene rings is 2. The molecule has 0 saturated carbocycles. The Morgan fingerprint density at radius 2 is 1.93 bits per heavy atom. The molecule has 2 aliphatic rings. The summed E-state index contributed by atoms with van der Waals surface area (Å²) in [6.07, 6.45) is 3.09. The summed E-state index contributed by atoms with van der Waals surface area (Å²) in [6, 6.07) is 7.61. The quantitative estimate of drug-likeness (QED) is 0.246. The van der Waals surface area contributed by atoms with E-state index in [9.17, 15) is 23.5 Å². The molecule has 1 amide bonds. The highest BCUT2D eigenvalue weighted by Gasteiger charge is 2.34. The van der Waals surface area contributed by atoms with Crippen LogP contribution in [0.5, 0.6) is 5.75 Å². The van der Waals surface area contributed by atoms with E-state index >= 15 is 0 Å². The van der Waals surface area contributed by atoms with Crippen LogP contribution < -0.4 is 10.3 Å². The van der Waals surface area contributed by atoms with Gasteiger partial charge in [-0.3, -0.25) is 9.59 Å². The fraction of sp³-hybridized carbons (Fsp3) is 0.367. The Morgan fingerprint density at radius 1 is 1.17 bits per heavy atom. The van der Waals surface area contributed by atoms with Crippen LogP contribution in [0.15, 0.2) is 45.8 Å². The highest BCUT2D eigenvalue weighted by Crippen LogP contribution is 2.32. The predicted molar refractivity (Wildman–Crippen MR) is 156 cm³/mol. The molecule has 2 aliphatic heterocycles. The number of hydrogen-bond donors (Lipinski definition) is 3. The van der Waals surface area contributed by atoms with Crippen molar-refractivity contribution in [1.82, 2.24) is 24.8 Å². The van der Waals surface area contributed by atoms with Crippen molar-refractivity contribution in [1.29, 1.82) is 0 Å². The van der Waals surface area contributed by atoms with Crippen molar-refractivity contribution >= 4 is 32.9 Å². The summed E-state index contributed by atoms with van der Waals surface area (Å²) in [5.74, 6) is -1.58. The molecule has 0 aliphatic carbocycles. The Bertz CT molecular complexity index is 1720.